The van der Waals surface area contributed by atoms with Gasteiger partial charge in [-0.05, 0) is 70.6 Å². The highest BCUT2D eigenvalue weighted by Crippen LogP contribution is 2.38. The molecule has 0 aromatic carbocycles. The van der Waals surface area contributed by atoms with Crippen molar-refractivity contribution >= 4 is 19.8 Å². The third-order valence-electron chi connectivity index (χ3n) is 8.79. The number of phosphoric acid groups is 1. The van der Waals surface area contributed by atoms with Gasteiger partial charge < -0.3 is 33.0 Å². The second-order valence-electron chi connectivity index (χ2n) is 15.5. The molecule has 0 aliphatic carbocycles. The lowest BCUT2D eigenvalue weighted by atomic mass is 10.1. The van der Waals surface area contributed by atoms with Gasteiger partial charge in [0.15, 0.2) is 6.10 Å². The summed E-state index contributed by atoms with van der Waals surface area (Å²) in [5, 5.41) is 10.0. The van der Waals surface area contributed by atoms with E-state index in [-0.39, 0.29) is 26.1 Å². The van der Waals surface area contributed by atoms with Crippen molar-refractivity contribution in [3.05, 3.63) is 72.9 Å². The zero-order chi connectivity index (χ0) is 42.3. The summed E-state index contributed by atoms with van der Waals surface area (Å²) >= 11 is 0. The number of unbranched alkanes of at least 4 members (excludes halogenated alkanes) is 12. The summed E-state index contributed by atoms with van der Waals surface area (Å²) in [5.41, 5.74) is 0. The van der Waals surface area contributed by atoms with Crippen LogP contribution in [-0.2, 0) is 32.7 Å². The van der Waals surface area contributed by atoms with Gasteiger partial charge in [0, 0.05) is 12.8 Å². The highest BCUT2D eigenvalue weighted by molar-refractivity contribution is 7.45. The van der Waals surface area contributed by atoms with Gasteiger partial charge >= 0.3 is 11.9 Å². The summed E-state index contributed by atoms with van der Waals surface area (Å²) in [6.45, 7) is 3.92. The molecule has 0 rings (SSSR count). The first kappa shape index (κ1) is 54.4. The molecule has 10 nitrogen and oxygen atoms in total. The molecule has 0 aliphatic heterocycles. The number of carbonyl (C=O) groups excluding carboxylic acids is 2. The smallest absolute Gasteiger partial charge is 0.306 e. The molecule has 0 spiro atoms. The van der Waals surface area contributed by atoms with E-state index in [1.54, 1.807) is 6.08 Å². The Labute approximate surface area is 347 Å². The number of likely N-dealkylation sites (N-methyl/N-ethyl adjacent to an activating group) is 1. The van der Waals surface area contributed by atoms with E-state index in [1.165, 1.54) is 44.9 Å². The van der Waals surface area contributed by atoms with E-state index in [1.807, 2.05) is 63.7 Å². The van der Waals surface area contributed by atoms with Crippen molar-refractivity contribution in [3.63, 3.8) is 0 Å². The normalized spacial score (nSPS) is 14.9. The van der Waals surface area contributed by atoms with Crippen molar-refractivity contribution in [1.29, 1.82) is 0 Å². The lowest BCUT2D eigenvalue weighted by Crippen LogP contribution is -2.37. The van der Waals surface area contributed by atoms with Crippen LogP contribution in [-0.4, -0.2) is 81.2 Å². The second kappa shape index (κ2) is 37.7. The zero-order valence-corrected chi connectivity index (χ0v) is 37.3. The van der Waals surface area contributed by atoms with Crippen LogP contribution in [0, 0.1) is 0 Å². The first-order chi connectivity index (χ1) is 27.4. The monoisotopic (exact) mass is 822 g/mol. The Bertz CT molecular complexity index is 1220. The Hall–Kier alpha value is -2.59. The van der Waals surface area contributed by atoms with Crippen molar-refractivity contribution in [1.82, 2.24) is 0 Å². The predicted molar refractivity (Wildman–Crippen MR) is 232 cm³/mol. The molecule has 2 unspecified atom stereocenters. The van der Waals surface area contributed by atoms with Gasteiger partial charge in [-0.25, -0.2) is 0 Å². The molecule has 0 aromatic heterocycles. The summed E-state index contributed by atoms with van der Waals surface area (Å²) in [7, 11) is 1.07. The molecule has 0 aliphatic rings. The number of nitrogens with zero attached hydrogens (tertiary/aromatic N) is 1. The number of quaternary nitrogens is 1. The minimum Gasteiger partial charge on any atom is -0.756 e. The minimum atomic E-state index is -4.66. The molecule has 0 bridgehead atoms. The van der Waals surface area contributed by atoms with Gasteiger partial charge in [0.25, 0.3) is 7.82 Å². The average Bonchev–Trinajstić information content (AvgIpc) is 3.15. The van der Waals surface area contributed by atoms with Crippen molar-refractivity contribution in [2.45, 2.75) is 161 Å². The molecule has 0 saturated heterocycles. The zero-order valence-electron chi connectivity index (χ0n) is 36.4. The molecule has 0 radical (unpaired) electrons. The third kappa shape index (κ3) is 41.4. The minimum absolute atomic E-state index is 0.0573. The van der Waals surface area contributed by atoms with Crippen LogP contribution in [0.3, 0.4) is 0 Å². The van der Waals surface area contributed by atoms with E-state index in [4.69, 9.17) is 18.5 Å². The quantitative estimate of drug-likeness (QED) is 0.0161. The van der Waals surface area contributed by atoms with Crippen LogP contribution in [0.5, 0.6) is 0 Å². The molecule has 57 heavy (non-hydrogen) atoms. The van der Waals surface area contributed by atoms with Crippen LogP contribution in [0.4, 0.5) is 0 Å². The molecule has 0 heterocycles. The number of ether oxygens (including phenoxy) is 2. The van der Waals surface area contributed by atoms with E-state index in [9.17, 15) is 24.2 Å². The average molecular weight is 822 g/mol. The standard InChI is InChI=1S/C46H80NO9P/c1-6-8-10-12-14-15-16-17-18-19-20-21-25-29-33-37-45(49)53-41-44(42-55-57(51,52)54-40-39-47(3,4)5)56-46(50)38-34-30-26-23-22-24-28-32-36-43(48)35-31-27-13-11-9-7-2/h9,11,17-18,23-24,26-28,31-32,36,43-44,48H,6-8,10,12-16,19-22,25,29-30,33-35,37-42H2,1-5H3/b11-9-,18-17-,26-23-,28-24-,31-27-,36-32+/t43?,44-/m1/s1. The number of esters is 2. The molecule has 0 amide bonds. The molecule has 3 atom stereocenters. The van der Waals surface area contributed by atoms with E-state index < -0.39 is 38.6 Å². The van der Waals surface area contributed by atoms with Gasteiger partial charge in [0.2, 0.25) is 0 Å². The fraction of sp³-hybridized carbons (Fsp3) is 0.696. The Balaban J connectivity index is 4.56. The van der Waals surface area contributed by atoms with Gasteiger partial charge in [0.1, 0.15) is 19.8 Å². The second-order valence-corrected chi connectivity index (χ2v) is 16.9. The SMILES string of the molecule is CC/C=C\C/C=C\CC(O)/C=C/C=C\C/C=C\CCCC(=O)O[C@H](COC(=O)CCCCCCC/C=C\CCCCCCCC)COP(=O)([O-])OCC[N+](C)(C)C. The molecule has 11 heteroatoms. The van der Waals surface area contributed by atoms with Crippen LogP contribution < -0.4 is 4.89 Å². The van der Waals surface area contributed by atoms with Crippen molar-refractivity contribution in [2.24, 2.45) is 0 Å². The van der Waals surface area contributed by atoms with Crippen LogP contribution in [0.15, 0.2) is 72.9 Å². The Morgan fingerprint density at radius 1 is 0.667 bits per heavy atom. The fourth-order valence-corrected chi connectivity index (χ4v) is 6.08. The van der Waals surface area contributed by atoms with Gasteiger partial charge in [-0.15, -0.1) is 0 Å². The topological polar surface area (TPSA) is 131 Å². The first-order valence-electron chi connectivity index (χ1n) is 21.8. The highest BCUT2D eigenvalue weighted by Gasteiger charge is 2.21. The number of allylic oxidation sites excluding steroid dienone is 10. The molecule has 0 saturated carbocycles. The molecule has 0 fully saturated rings. The summed E-state index contributed by atoms with van der Waals surface area (Å²) in [4.78, 5) is 37.5. The Morgan fingerprint density at radius 3 is 1.93 bits per heavy atom. The van der Waals surface area contributed by atoms with Gasteiger partial charge in [-0.2, -0.15) is 0 Å². The highest BCUT2D eigenvalue weighted by atomic mass is 31.2. The van der Waals surface area contributed by atoms with E-state index >= 15 is 0 Å². The number of aliphatic hydroxyl groups is 1. The van der Waals surface area contributed by atoms with Gasteiger partial charge in [-0.1, -0.05) is 138 Å². The maximum Gasteiger partial charge on any atom is 0.306 e. The molecular weight excluding hydrogens is 741 g/mol. The van der Waals surface area contributed by atoms with E-state index in [0.717, 1.165) is 44.9 Å². The number of phosphoric ester groups is 1. The van der Waals surface area contributed by atoms with E-state index in [2.05, 4.69) is 38.2 Å². The fourth-order valence-electron chi connectivity index (χ4n) is 5.36. The largest absolute Gasteiger partial charge is 0.756 e. The van der Waals surface area contributed by atoms with Crippen molar-refractivity contribution in [2.75, 3.05) is 47.5 Å². The van der Waals surface area contributed by atoms with Crippen molar-refractivity contribution in [3.8, 4) is 0 Å². The van der Waals surface area contributed by atoms with Crippen LogP contribution >= 0.6 is 7.82 Å². The number of hydrogen-bond donors (Lipinski definition) is 1. The first-order valence-corrected chi connectivity index (χ1v) is 23.2. The van der Waals surface area contributed by atoms with Crippen LogP contribution in [0.2, 0.25) is 0 Å². The molecule has 328 valence electrons. The molecule has 0 aromatic rings. The number of rotatable bonds is 38. The Kier molecular flexibility index (Phi) is 36.0. The molecule has 1 N–H and O–H groups in total. The summed E-state index contributed by atoms with van der Waals surface area (Å²) in [6.07, 6.45) is 42.5. The van der Waals surface area contributed by atoms with Crippen molar-refractivity contribution < 1.29 is 47.2 Å². The lowest BCUT2D eigenvalue weighted by molar-refractivity contribution is -0.870. The predicted octanol–water partition coefficient (Wildman–Crippen LogP) is 10.6. The van der Waals surface area contributed by atoms with E-state index in [0.29, 0.717) is 43.1 Å². The maximum atomic E-state index is 12.6. The molecular formula is C46H80NO9P. The third-order valence-corrected chi connectivity index (χ3v) is 9.75. The number of aliphatic hydroxyl groups excluding tert-OH is 1. The number of hydrogen-bond acceptors (Lipinski definition) is 9. The van der Waals surface area contributed by atoms with Gasteiger partial charge in [-0.3, -0.25) is 14.2 Å². The van der Waals surface area contributed by atoms with Crippen LogP contribution in [0.1, 0.15) is 149 Å². The van der Waals surface area contributed by atoms with Crippen LogP contribution in [0.25, 0.3) is 0 Å². The Morgan fingerprint density at radius 2 is 1.25 bits per heavy atom. The summed E-state index contributed by atoms with van der Waals surface area (Å²) < 4.78 is 33.7. The lowest BCUT2D eigenvalue weighted by Gasteiger charge is -2.28. The summed E-state index contributed by atoms with van der Waals surface area (Å²) in [6, 6.07) is 0. The van der Waals surface area contributed by atoms with Gasteiger partial charge in [0.05, 0.1) is 33.9 Å². The number of carbonyl (C=O) groups is 2. The maximum absolute atomic E-state index is 12.6. The summed E-state index contributed by atoms with van der Waals surface area (Å²) in [5.74, 6) is -0.958.